The van der Waals surface area contributed by atoms with Crippen LogP contribution in [-0.4, -0.2) is 16.3 Å². The van der Waals surface area contributed by atoms with Gasteiger partial charge in [-0.15, -0.1) is 0 Å². The minimum Gasteiger partial charge on any atom is -0.299 e. The van der Waals surface area contributed by atoms with Crippen molar-refractivity contribution in [3.63, 3.8) is 0 Å². The fourth-order valence-corrected chi connectivity index (χ4v) is 5.17. The molecule has 2 aliphatic carbocycles. The SMILES string of the molecule is CCSC1(C2CCCCC2=O)CCCCC1. The van der Waals surface area contributed by atoms with E-state index in [0.29, 0.717) is 16.4 Å². The van der Waals surface area contributed by atoms with E-state index in [4.69, 9.17) is 0 Å². The fraction of sp³-hybridized carbons (Fsp3) is 0.929. The standard InChI is InChI=1S/C14H24OS/c1-2-16-14(10-6-3-7-11-14)12-8-4-5-9-13(12)15/h12H,2-11H2,1H3. The lowest BCUT2D eigenvalue weighted by atomic mass is 9.72. The van der Waals surface area contributed by atoms with Crippen LogP contribution < -0.4 is 0 Å². The van der Waals surface area contributed by atoms with Crippen LogP contribution >= 0.6 is 11.8 Å². The lowest BCUT2D eigenvalue weighted by Gasteiger charge is -2.44. The summed E-state index contributed by atoms with van der Waals surface area (Å²) in [5, 5.41) is 0. The molecule has 2 rings (SSSR count). The van der Waals surface area contributed by atoms with E-state index in [1.54, 1.807) is 0 Å². The number of thioether (sulfide) groups is 1. The zero-order chi connectivity index (χ0) is 11.4. The minimum atomic E-state index is 0.338. The quantitative estimate of drug-likeness (QED) is 0.735. The van der Waals surface area contributed by atoms with Crippen molar-refractivity contribution in [2.75, 3.05) is 5.75 Å². The molecule has 0 N–H and O–H groups in total. The summed E-state index contributed by atoms with van der Waals surface area (Å²) in [6.07, 6.45) is 11.1. The van der Waals surface area contributed by atoms with Crippen LogP contribution in [0.25, 0.3) is 0 Å². The average molecular weight is 240 g/mol. The van der Waals surface area contributed by atoms with Gasteiger partial charge in [0, 0.05) is 17.1 Å². The van der Waals surface area contributed by atoms with Crippen molar-refractivity contribution in [1.29, 1.82) is 0 Å². The molecule has 1 unspecified atom stereocenters. The van der Waals surface area contributed by atoms with Crippen molar-refractivity contribution in [3.05, 3.63) is 0 Å². The van der Waals surface area contributed by atoms with Crippen LogP contribution in [0.5, 0.6) is 0 Å². The maximum Gasteiger partial charge on any atom is 0.137 e. The Balaban J connectivity index is 2.12. The third-order valence-electron chi connectivity index (χ3n) is 4.32. The Morgan fingerprint density at radius 2 is 1.94 bits per heavy atom. The summed E-state index contributed by atoms with van der Waals surface area (Å²) in [6.45, 7) is 2.24. The zero-order valence-electron chi connectivity index (χ0n) is 10.5. The molecule has 0 aromatic carbocycles. The second kappa shape index (κ2) is 5.57. The predicted octanol–water partition coefficient (Wildman–Crippen LogP) is 4.20. The highest BCUT2D eigenvalue weighted by Crippen LogP contribution is 2.48. The first kappa shape index (κ1) is 12.5. The Kier molecular flexibility index (Phi) is 4.34. The van der Waals surface area contributed by atoms with Crippen molar-refractivity contribution in [2.45, 2.75) is 69.5 Å². The molecule has 0 saturated heterocycles. The van der Waals surface area contributed by atoms with E-state index in [1.807, 2.05) is 0 Å². The third kappa shape index (κ3) is 2.47. The van der Waals surface area contributed by atoms with Crippen LogP contribution in [0, 0.1) is 5.92 Å². The van der Waals surface area contributed by atoms with Crippen LogP contribution in [0.15, 0.2) is 0 Å². The Labute approximate surface area is 104 Å². The van der Waals surface area contributed by atoms with Gasteiger partial charge in [0.25, 0.3) is 0 Å². The topological polar surface area (TPSA) is 17.1 Å². The summed E-state index contributed by atoms with van der Waals surface area (Å²) < 4.78 is 0.338. The molecule has 16 heavy (non-hydrogen) atoms. The van der Waals surface area contributed by atoms with Gasteiger partial charge in [-0.3, -0.25) is 4.79 Å². The highest BCUT2D eigenvalue weighted by molar-refractivity contribution is 8.00. The second-order valence-electron chi connectivity index (χ2n) is 5.32. The Morgan fingerprint density at radius 3 is 2.56 bits per heavy atom. The molecule has 0 spiro atoms. The van der Waals surface area contributed by atoms with Crippen molar-refractivity contribution in [2.24, 2.45) is 5.92 Å². The number of hydrogen-bond donors (Lipinski definition) is 0. The van der Waals surface area contributed by atoms with Gasteiger partial charge in [-0.2, -0.15) is 11.8 Å². The number of ketones is 1. The van der Waals surface area contributed by atoms with E-state index < -0.39 is 0 Å². The van der Waals surface area contributed by atoms with Gasteiger partial charge < -0.3 is 0 Å². The molecule has 0 amide bonds. The van der Waals surface area contributed by atoms with Crippen LogP contribution in [-0.2, 0) is 4.79 Å². The van der Waals surface area contributed by atoms with Gasteiger partial charge in [-0.1, -0.05) is 32.6 Å². The molecule has 0 aromatic rings. The van der Waals surface area contributed by atoms with Gasteiger partial charge in [0.15, 0.2) is 0 Å². The van der Waals surface area contributed by atoms with Crippen LogP contribution in [0.2, 0.25) is 0 Å². The zero-order valence-corrected chi connectivity index (χ0v) is 11.3. The molecular weight excluding hydrogens is 216 g/mol. The van der Waals surface area contributed by atoms with Crippen LogP contribution in [0.4, 0.5) is 0 Å². The number of carbonyl (C=O) groups excluding carboxylic acids is 1. The molecule has 0 bridgehead atoms. The molecule has 2 fully saturated rings. The van der Waals surface area contributed by atoms with Gasteiger partial charge >= 0.3 is 0 Å². The Bertz CT molecular complexity index is 238. The molecule has 0 aliphatic heterocycles. The van der Waals surface area contributed by atoms with Gasteiger partial charge in [0.05, 0.1) is 0 Å². The Hall–Kier alpha value is 0.0200. The normalized spacial score (nSPS) is 30.3. The minimum absolute atomic E-state index is 0.338. The number of hydrogen-bond acceptors (Lipinski definition) is 2. The van der Waals surface area contributed by atoms with E-state index in [9.17, 15) is 4.79 Å². The summed E-state index contributed by atoms with van der Waals surface area (Å²) in [5.74, 6) is 2.14. The molecule has 0 heterocycles. The number of carbonyl (C=O) groups is 1. The maximum atomic E-state index is 12.2. The van der Waals surface area contributed by atoms with E-state index >= 15 is 0 Å². The lowest BCUT2D eigenvalue weighted by Crippen LogP contribution is -2.42. The van der Waals surface area contributed by atoms with Crippen molar-refractivity contribution >= 4 is 17.5 Å². The smallest absolute Gasteiger partial charge is 0.137 e. The summed E-state index contributed by atoms with van der Waals surface area (Å²) in [6, 6.07) is 0. The molecule has 2 heteroatoms. The van der Waals surface area contributed by atoms with Gasteiger partial charge in [0.1, 0.15) is 5.78 Å². The highest BCUT2D eigenvalue weighted by atomic mass is 32.2. The first-order chi connectivity index (χ1) is 7.78. The monoisotopic (exact) mass is 240 g/mol. The summed E-state index contributed by atoms with van der Waals surface area (Å²) in [7, 11) is 0. The van der Waals surface area contributed by atoms with Gasteiger partial charge in [0.2, 0.25) is 0 Å². The van der Waals surface area contributed by atoms with Crippen LogP contribution in [0.1, 0.15) is 64.7 Å². The predicted molar refractivity (Wildman–Crippen MR) is 70.9 cm³/mol. The molecule has 2 saturated carbocycles. The van der Waals surface area contributed by atoms with E-state index in [1.165, 1.54) is 50.7 Å². The largest absolute Gasteiger partial charge is 0.299 e. The first-order valence-electron chi connectivity index (χ1n) is 6.95. The first-order valence-corrected chi connectivity index (χ1v) is 7.94. The molecule has 1 atom stereocenters. The molecular formula is C14H24OS. The van der Waals surface area contributed by atoms with Crippen molar-refractivity contribution in [3.8, 4) is 0 Å². The highest BCUT2D eigenvalue weighted by Gasteiger charge is 2.43. The summed E-state index contributed by atoms with van der Waals surface area (Å²) in [4.78, 5) is 12.2. The maximum absolute atomic E-state index is 12.2. The Morgan fingerprint density at radius 1 is 1.19 bits per heavy atom. The van der Waals surface area contributed by atoms with Gasteiger partial charge in [-0.05, 0) is 31.4 Å². The molecule has 0 aromatic heterocycles. The summed E-state index contributed by atoms with van der Waals surface area (Å²) >= 11 is 2.09. The van der Waals surface area contributed by atoms with E-state index in [-0.39, 0.29) is 0 Å². The van der Waals surface area contributed by atoms with Crippen molar-refractivity contribution in [1.82, 2.24) is 0 Å². The van der Waals surface area contributed by atoms with E-state index in [0.717, 1.165) is 12.8 Å². The number of Topliss-reactive ketones (excluding diaryl/α,β-unsaturated/α-hetero) is 1. The fourth-order valence-electron chi connectivity index (χ4n) is 3.57. The number of rotatable bonds is 3. The molecule has 0 radical (unpaired) electrons. The lowest BCUT2D eigenvalue weighted by molar-refractivity contribution is -0.126. The van der Waals surface area contributed by atoms with Crippen LogP contribution in [0.3, 0.4) is 0 Å². The molecule has 92 valence electrons. The van der Waals surface area contributed by atoms with Gasteiger partial charge in [-0.25, -0.2) is 0 Å². The second-order valence-corrected chi connectivity index (χ2v) is 7.00. The summed E-state index contributed by atoms with van der Waals surface area (Å²) in [5.41, 5.74) is 0. The molecule has 2 aliphatic rings. The third-order valence-corrected chi connectivity index (χ3v) is 5.88. The van der Waals surface area contributed by atoms with E-state index in [2.05, 4.69) is 18.7 Å². The average Bonchev–Trinajstić information content (AvgIpc) is 2.31. The van der Waals surface area contributed by atoms with Crippen molar-refractivity contribution < 1.29 is 4.79 Å². The molecule has 1 nitrogen and oxygen atoms in total.